The number of methoxy groups -OCH3 is 1. The standard InChI is InChI=1S/C11H19N3O2/c1-16-6-5-13-3-2-4-14-11(8-13)7-10(9-15)12-14/h7,15H,2-6,8-9H2,1H3. The van der Waals surface area contributed by atoms with Gasteiger partial charge in [-0.05, 0) is 12.5 Å². The number of fused-ring (bicyclic) bond motifs is 1. The van der Waals surface area contributed by atoms with E-state index in [0.717, 1.165) is 44.9 Å². The largest absolute Gasteiger partial charge is 0.390 e. The molecule has 0 spiro atoms. The van der Waals surface area contributed by atoms with Crippen molar-refractivity contribution in [3.63, 3.8) is 0 Å². The Labute approximate surface area is 95.6 Å². The van der Waals surface area contributed by atoms with Crippen LogP contribution in [-0.2, 0) is 24.4 Å². The van der Waals surface area contributed by atoms with Crippen molar-refractivity contribution < 1.29 is 9.84 Å². The van der Waals surface area contributed by atoms with E-state index in [4.69, 9.17) is 9.84 Å². The minimum absolute atomic E-state index is 0.0259. The van der Waals surface area contributed by atoms with Gasteiger partial charge in [-0.25, -0.2) is 0 Å². The summed E-state index contributed by atoms with van der Waals surface area (Å²) in [6.07, 6.45) is 1.10. The predicted octanol–water partition coefficient (Wildman–Crippen LogP) is 0.227. The molecule has 1 aromatic rings. The average molecular weight is 225 g/mol. The highest BCUT2D eigenvalue weighted by Crippen LogP contribution is 2.13. The maximum atomic E-state index is 9.06. The Morgan fingerprint density at radius 2 is 2.38 bits per heavy atom. The lowest BCUT2D eigenvalue weighted by atomic mass is 10.3. The van der Waals surface area contributed by atoms with Crippen LogP contribution in [0, 0.1) is 0 Å². The normalized spacial score (nSPS) is 17.1. The van der Waals surface area contributed by atoms with Crippen molar-refractivity contribution in [3.8, 4) is 0 Å². The molecule has 0 unspecified atom stereocenters. The minimum atomic E-state index is 0.0259. The zero-order valence-corrected chi connectivity index (χ0v) is 9.72. The highest BCUT2D eigenvalue weighted by Gasteiger charge is 2.15. The summed E-state index contributed by atoms with van der Waals surface area (Å²) in [6, 6.07) is 1.99. The van der Waals surface area contributed by atoms with Crippen molar-refractivity contribution in [1.82, 2.24) is 14.7 Å². The van der Waals surface area contributed by atoms with Crippen LogP contribution in [0.5, 0.6) is 0 Å². The van der Waals surface area contributed by atoms with Crippen LogP contribution in [0.2, 0.25) is 0 Å². The molecule has 0 fully saturated rings. The monoisotopic (exact) mass is 225 g/mol. The zero-order chi connectivity index (χ0) is 11.4. The van der Waals surface area contributed by atoms with Crippen LogP contribution in [0.4, 0.5) is 0 Å². The molecule has 0 saturated carbocycles. The van der Waals surface area contributed by atoms with Gasteiger partial charge in [-0.1, -0.05) is 0 Å². The first-order valence-electron chi connectivity index (χ1n) is 5.71. The van der Waals surface area contributed by atoms with Crippen molar-refractivity contribution in [2.24, 2.45) is 0 Å². The maximum Gasteiger partial charge on any atom is 0.0882 e. The summed E-state index contributed by atoms with van der Waals surface area (Å²) < 4.78 is 7.11. The predicted molar refractivity (Wildman–Crippen MR) is 59.9 cm³/mol. The third-order valence-corrected chi connectivity index (χ3v) is 2.92. The highest BCUT2D eigenvalue weighted by molar-refractivity contribution is 5.10. The third kappa shape index (κ3) is 2.61. The molecule has 0 aliphatic carbocycles. The van der Waals surface area contributed by atoms with Crippen molar-refractivity contribution in [1.29, 1.82) is 0 Å². The number of rotatable bonds is 4. The Kier molecular flexibility index (Phi) is 3.93. The van der Waals surface area contributed by atoms with Gasteiger partial charge < -0.3 is 9.84 Å². The third-order valence-electron chi connectivity index (χ3n) is 2.92. The van der Waals surface area contributed by atoms with Gasteiger partial charge in [0, 0.05) is 33.3 Å². The van der Waals surface area contributed by atoms with E-state index >= 15 is 0 Å². The van der Waals surface area contributed by atoms with Crippen LogP contribution in [0.3, 0.4) is 0 Å². The van der Waals surface area contributed by atoms with E-state index < -0.39 is 0 Å². The molecule has 0 radical (unpaired) electrons. The molecule has 0 saturated heterocycles. The summed E-state index contributed by atoms with van der Waals surface area (Å²) in [4.78, 5) is 2.37. The molecule has 0 atom stereocenters. The summed E-state index contributed by atoms with van der Waals surface area (Å²) in [5.41, 5.74) is 1.96. The molecular weight excluding hydrogens is 206 g/mol. The van der Waals surface area contributed by atoms with Crippen LogP contribution >= 0.6 is 0 Å². The Bertz CT molecular complexity index is 338. The summed E-state index contributed by atoms with van der Waals surface area (Å²) in [7, 11) is 1.73. The van der Waals surface area contributed by atoms with Gasteiger partial charge in [0.05, 0.1) is 24.6 Å². The Hall–Kier alpha value is -0.910. The number of nitrogens with zero attached hydrogens (tertiary/aromatic N) is 3. The number of aryl methyl sites for hydroxylation is 1. The molecule has 0 aromatic carbocycles. The lowest BCUT2D eigenvalue weighted by Crippen LogP contribution is -2.27. The molecule has 1 aromatic heterocycles. The van der Waals surface area contributed by atoms with E-state index in [0.29, 0.717) is 0 Å². The van der Waals surface area contributed by atoms with Crippen LogP contribution in [0.25, 0.3) is 0 Å². The molecule has 16 heavy (non-hydrogen) atoms. The van der Waals surface area contributed by atoms with E-state index in [-0.39, 0.29) is 6.61 Å². The van der Waals surface area contributed by atoms with Crippen molar-refractivity contribution in [2.45, 2.75) is 26.1 Å². The topological polar surface area (TPSA) is 50.5 Å². The maximum absolute atomic E-state index is 9.06. The second-order valence-corrected chi connectivity index (χ2v) is 4.13. The number of aromatic nitrogens is 2. The molecule has 2 heterocycles. The van der Waals surface area contributed by atoms with Crippen molar-refractivity contribution >= 4 is 0 Å². The summed E-state index contributed by atoms with van der Waals surface area (Å²) in [5, 5.41) is 13.4. The highest BCUT2D eigenvalue weighted by atomic mass is 16.5. The molecule has 0 amide bonds. The molecule has 0 bridgehead atoms. The fourth-order valence-electron chi connectivity index (χ4n) is 2.08. The van der Waals surface area contributed by atoms with Crippen molar-refractivity contribution in [2.75, 3.05) is 26.8 Å². The quantitative estimate of drug-likeness (QED) is 0.797. The van der Waals surface area contributed by atoms with Crippen LogP contribution in [0.1, 0.15) is 17.8 Å². The van der Waals surface area contributed by atoms with E-state index in [1.165, 1.54) is 5.69 Å². The number of aliphatic hydroxyl groups excluding tert-OH is 1. The first kappa shape index (κ1) is 11.6. The zero-order valence-electron chi connectivity index (χ0n) is 9.72. The molecule has 1 N–H and O–H groups in total. The SMILES string of the molecule is COCCN1CCCn2nc(CO)cc2C1. The molecular formula is C11H19N3O2. The summed E-state index contributed by atoms with van der Waals surface area (Å²) in [6.45, 7) is 4.67. The second kappa shape index (κ2) is 5.43. The van der Waals surface area contributed by atoms with Crippen molar-refractivity contribution in [3.05, 3.63) is 17.5 Å². The van der Waals surface area contributed by atoms with Gasteiger partial charge in [-0.2, -0.15) is 5.10 Å². The number of hydrogen-bond acceptors (Lipinski definition) is 4. The fraction of sp³-hybridized carbons (Fsp3) is 0.727. The van der Waals surface area contributed by atoms with Crippen LogP contribution < -0.4 is 0 Å². The lowest BCUT2D eigenvalue weighted by molar-refractivity contribution is 0.145. The first-order valence-corrected chi connectivity index (χ1v) is 5.71. The fourth-order valence-corrected chi connectivity index (χ4v) is 2.08. The van der Waals surface area contributed by atoms with E-state index in [1.54, 1.807) is 7.11 Å². The van der Waals surface area contributed by atoms with E-state index in [9.17, 15) is 0 Å². The smallest absolute Gasteiger partial charge is 0.0882 e. The van der Waals surface area contributed by atoms with Gasteiger partial charge in [-0.15, -0.1) is 0 Å². The Morgan fingerprint density at radius 1 is 1.50 bits per heavy atom. The van der Waals surface area contributed by atoms with Gasteiger partial charge in [0.15, 0.2) is 0 Å². The van der Waals surface area contributed by atoms with Gasteiger partial charge in [0.1, 0.15) is 0 Å². The molecule has 5 heteroatoms. The second-order valence-electron chi connectivity index (χ2n) is 4.13. The molecule has 90 valence electrons. The lowest BCUT2D eigenvalue weighted by Gasteiger charge is -2.18. The Morgan fingerprint density at radius 3 is 3.12 bits per heavy atom. The molecule has 5 nitrogen and oxygen atoms in total. The molecule has 1 aliphatic heterocycles. The first-order chi connectivity index (χ1) is 7.83. The summed E-state index contributed by atoms with van der Waals surface area (Å²) in [5.74, 6) is 0. The summed E-state index contributed by atoms with van der Waals surface area (Å²) >= 11 is 0. The average Bonchev–Trinajstić information content (AvgIpc) is 2.59. The minimum Gasteiger partial charge on any atom is -0.390 e. The van der Waals surface area contributed by atoms with Gasteiger partial charge >= 0.3 is 0 Å². The Balaban J connectivity index is 2.04. The van der Waals surface area contributed by atoms with E-state index in [1.807, 2.05) is 10.7 Å². The molecule has 1 aliphatic rings. The van der Waals surface area contributed by atoms with Gasteiger partial charge in [-0.3, -0.25) is 9.58 Å². The molecule has 2 rings (SSSR count). The van der Waals surface area contributed by atoms with Crippen LogP contribution in [0.15, 0.2) is 6.07 Å². The van der Waals surface area contributed by atoms with E-state index in [2.05, 4.69) is 10.00 Å². The van der Waals surface area contributed by atoms with Gasteiger partial charge in [0.25, 0.3) is 0 Å². The van der Waals surface area contributed by atoms with Gasteiger partial charge in [0.2, 0.25) is 0 Å². The number of aliphatic hydroxyl groups is 1. The number of ether oxygens (including phenoxy) is 1. The number of hydrogen-bond donors (Lipinski definition) is 1. The van der Waals surface area contributed by atoms with Crippen LogP contribution in [-0.4, -0.2) is 46.6 Å².